The molecule has 0 saturated carbocycles. The number of anilines is 2. The van der Waals surface area contributed by atoms with Crippen LogP contribution in [0.4, 0.5) is 11.4 Å². The maximum absolute atomic E-state index is 11.5. The normalized spacial score (nSPS) is 10.2. The van der Waals surface area contributed by atoms with Gasteiger partial charge in [0.1, 0.15) is 0 Å². The van der Waals surface area contributed by atoms with Gasteiger partial charge in [-0.1, -0.05) is 6.07 Å². The van der Waals surface area contributed by atoms with Gasteiger partial charge in [0.25, 0.3) is 0 Å². The first kappa shape index (κ1) is 14.5. The van der Waals surface area contributed by atoms with Gasteiger partial charge in [-0.3, -0.25) is 9.63 Å². The largest absolute Gasteiger partial charge is 0.372 e. The van der Waals surface area contributed by atoms with E-state index in [2.05, 4.69) is 18.7 Å². The topological polar surface area (TPSA) is 32.8 Å². The first-order valence-corrected chi connectivity index (χ1v) is 6.42. The number of hydrogen-bond acceptors (Lipinski definition) is 3. The number of hydroxylamine groups is 1. The molecule has 1 rings (SSSR count). The molecule has 0 aliphatic heterocycles. The van der Waals surface area contributed by atoms with Crippen molar-refractivity contribution in [1.82, 2.24) is 0 Å². The maximum atomic E-state index is 11.5. The van der Waals surface area contributed by atoms with Crippen molar-refractivity contribution in [2.24, 2.45) is 0 Å². The fraction of sp³-hybridized carbons (Fsp3) is 0.500. The van der Waals surface area contributed by atoms with E-state index in [4.69, 9.17) is 4.84 Å². The molecule has 0 aliphatic carbocycles. The minimum atomic E-state index is -0.117. The monoisotopic (exact) mass is 250 g/mol. The molecule has 0 spiro atoms. The summed E-state index contributed by atoms with van der Waals surface area (Å²) in [5.74, 6) is -0.117. The molecule has 0 fully saturated rings. The number of nitrogens with zero attached hydrogens (tertiary/aromatic N) is 2. The van der Waals surface area contributed by atoms with Crippen LogP contribution in [0.5, 0.6) is 0 Å². The van der Waals surface area contributed by atoms with E-state index in [1.807, 2.05) is 31.2 Å². The Balaban J connectivity index is 3.02. The number of carbonyl (C=O) groups excluding carboxylic acids is 1. The molecule has 0 N–H and O–H groups in total. The van der Waals surface area contributed by atoms with E-state index in [1.165, 1.54) is 12.0 Å². The highest BCUT2D eigenvalue weighted by Crippen LogP contribution is 2.22. The van der Waals surface area contributed by atoms with Crippen LogP contribution in [0.1, 0.15) is 27.7 Å². The fourth-order valence-corrected chi connectivity index (χ4v) is 1.88. The molecule has 1 amide bonds. The molecule has 0 radical (unpaired) electrons. The second-order valence-corrected chi connectivity index (χ2v) is 3.92. The van der Waals surface area contributed by atoms with Gasteiger partial charge in [0.15, 0.2) is 0 Å². The lowest BCUT2D eigenvalue weighted by atomic mass is 10.2. The van der Waals surface area contributed by atoms with Crippen LogP contribution in [0.3, 0.4) is 0 Å². The van der Waals surface area contributed by atoms with Crippen LogP contribution in [0, 0.1) is 0 Å². The van der Waals surface area contributed by atoms with Crippen molar-refractivity contribution in [3.63, 3.8) is 0 Å². The van der Waals surface area contributed by atoms with Gasteiger partial charge in [-0.2, -0.15) is 5.06 Å². The lowest BCUT2D eigenvalue weighted by Crippen LogP contribution is -2.29. The number of rotatable bonds is 6. The standard InChI is InChI=1S/C14H22N2O2/c1-5-15(6-2)13-9-8-10-14(11-13)16(12(4)17)18-7-3/h8-11H,5-7H2,1-4H3. The summed E-state index contributed by atoms with van der Waals surface area (Å²) in [6.45, 7) is 9.94. The van der Waals surface area contributed by atoms with Gasteiger partial charge in [0.05, 0.1) is 12.3 Å². The molecule has 0 bridgehead atoms. The maximum Gasteiger partial charge on any atom is 0.247 e. The summed E-state index contributed by atoms with van der Waals surface area (Å²) in [6.07, 6.45) is 0. The Kier molecular flexibility index (Phi) is 5.65. The molecule has 0 aliphatic rings. The summed E-state index contributed by atoms with van der Waals surface area (Å²) in [5, 5.41) is 1.34. The Morgan fingerprint density at radius 3 is 2.28 bits per heavy atom. The summed E-state index contributed by atoms with van der Waals surface area (Å²) >= 11 is 0. The van der Waals surface area contributed by atoms with Crippen molar-refractivity contribution in [1.29, 1.82) is 0 Å². The van der Waals surface area contributed by atoms with E-state index in [-0.39, 0.29) is 5.91 Å². The van der Waals surface area contributed by atoms with Crippen molar-refractivity contribution in [3.8, 4) is 0 Å². The van der Waals surface area contributed by atoms with Gasteiger partial charge >= 0.3 is 0 Å². The Bertz CT molecular complexity index is 389. The van der Waals surface area contributed by atoms with Crippen LogP contribution in [0.2, 0.25) is 0 Å². The third kappa shape index (κ3) is 3.47. The second kappa shape index (κ2) is 7.01. The van der Waals surface area contributed by atoms with Gasteiger partial charge in [0.2, 0.25) is 5.91 Å². The van der Waals surface area contributed by atoms with Crippen LogP contribution in [-0.4, -0.2) is 25.6 Å². The predicted octanol–water partition coefficient (Wildman–Crippen LogP) is 2.84. The number of benzene rings is 1. The zero-order chi connectivity index (χ0) is 13.5. The summed E-state index contributed by atoms with van der Waals surface area (Å²) in [7, 11) is 0. The minimum absolute atomic E-state index is 0.117. The smallest absolute Gasteiger partial charge is 0.247 e. The van der Waals surface area contributed by atoms with Crippen molar-refractivity contribution in [3.05, 3.63) is 24.3 Å². The molecule has 1 aromatic carbocycles. The van der Waals surface area contributed by atoms with E-state index in [9.17, 15) is 4.79 Å². The zero-order valence-electron chi connectivity index (χ0n) is 11.6. The molecule has 0 saturated heterocycles. The SMILES string of the molecule is CCON(C(C)=O)c1cccc(N(CC)CC)c1. The third-order valence-electron chi connectivity index (χ3n) is 2.74. The summed E-state index contributed by atoms with van der Waals surface area (Å²) < 4.78 is 0. The van der Waals surface area contributed by atoms with E-state index in [1.54, 1.807) is 0 Å². The summed E-state index contributed by atoms with van der Waals surface area (Å²) in [5.41, 5.74) is 1.87. The van der Waals surface area contributed by atoms with E-state index >= 15 is 0 Å². The predicted molar refractivity (Wildman–Crippen MR) is 74.8 cm³/mol. The van der Waals surface area contributed by atoms with E-state index < -0.39 is 0 Å². The second-order valence-electron chi connectivity index (χ2n) is 3.92. The van der Waals surface area contributed by atoms with Crippen LogP contribution >= 0.6 is 0 Å². The molecular formula is C14H22N2O2. The van der Waals surface area contributed by atoms with Crippen molar-refractivity contribution >= 4 is 17.3 Å². The average Bonchev–Trinajstić information content (AvgIpc) is 2.37. The van der Waals surface area contributed by atoms with Crippen LogP contribution < -0.4 is 9.96 Å². The molecule has 4 nitrogen and oxygen atoms in total. The van der Waals surface area contributed by atoms with E-state index in [0.29, 0.717) is 6.61 Å². The molecule has 0 aromatic heterocycles. The Morgan fingerprint density at radius 2 is 1.78 bits per heavy atom. The molecule has 100 valence electrons. The Hall–Kier alpha value is -1.55. The minimum Gasteiger partial charge on any atom is -0.372 e. The quantitative estimate of drug-likeness (QED) is 0.728. The van der Waals surface area contributed by atoms with Gasteiger partial charge in [-0.15, -0.1) is 0 Å². The lowest BCUT2D eigenvalue weighted by Gasteiger charge is -2.24. The number of amides is 1. The third-order valence-corrected chi connectivity index (χ3v) is 2.74. The molecule has 1 aromatic rings. The number of hydrogen-bond donors (Lipinski definition) is 0. The van der Waals surface area contributed by atoms with Crippen molar-refractivity contribution in [2.75, 3.05) is 29.7 Å². The van der Waals surface area contributed by atoms with Crippen molar-refractivity contribution < 1.29 is 9.63 Å². The lowest BCUT2D eigenvalue weighted by molar-refractivity contribution is -0.123. The van der Waals surface area contributed by atoms with Crippen LogP contribution in [-0.2, 0) is 9.63 Å². The van der Waals surface area contributed by atoms with Crippen LogP contribution in [0.15, 0.2) is 24.3 Å². The highest BCUT2D eigenvalue weighted by Gasteiger charge is 2.13. The van der Waals surface area contributed by atoms with Gasteiger partial charge in [0, 0.05) is 25.7 Å². The zero-order valence-corrected chi connectivity index (χ0v) is 11.6. The highest BCUT2D eigenvalue weighted by atomic mass is 16.7. The Morgan fingerprint density at radius 1 is 1.17 bits per heavy atom. The average molecular weight is 250 g/mol. The molecule has 0 unspecified atom stereocenters. The molecule has 4 heteroatoms. The first-order valence-electron chi connectivity index (χ1n) is 6.42. The van der Waals surface area contributed by atoms with Gasteiger partial charge in [-0.05, 0) is 39.0 Å². The summed E-state index contributed by atoms with van der Waals surface area (Å²) in [4.78, 5) is 19.1. The highest BCUT2D eigenvalue weighted by molar-refractivity contribution is 5.89. The first-order chi connectivity index (χ1) is 8.63. The number of carbonyl (C=O) groups is 1. The van der Waals surface area contributed by atoms with Crippen molar-refractivity contribution in [2.45, 2.75) is 27.7 Å². The molecule has 0 heterocycles. The van der Waals surface area contributed by atoms with E-state index in [0.717, 1.165) is 24.5 Å². The summed E-state index contributed by atoms with van der Waals surface area (Å²) in [6, 6.07) is 7.84. The molecule has 0 atom stereocenters. The van der Waals surface area contributed by atoms with Gasteiger partial charge in [-0.25, -0.2) is 0 Å². The molecule has 18 heavy (non-hydrogen) atoms. The van der Waals surface area contributed by atoms with Gasteiger partial charge < -0.3 is 4.90 Å². The molecular weight excluding hydrogens is 228 g/mol. The Labute approximate surface area is 109 Å². The fourth-order valence-electron chi connectivity index (χ4n) is 1.88. The van der Waals surface area contributed by atoms with Crippen LogP contribution in [0.25, 0.3) is 0 Å².